The summed E-state index contributed by atoms with van der Waals surface area (Å²) < 4.78 is 69.0. The Morgan fingerprint density at radius 3 is 0.613 bits per heavy atom. The average Bonchev–Trinajstić information content (AvgIpc) is 0.899. The number of aliphatic hydroxyl groups is 1. The van der Waals surface area contributed by atoms with E-state index < -0.39 is 97.5 Å². The van der Waals surface area contributed by atoms with E-state index in [0.717, 1.165) is 95.8 Å². The predicted molar refractivity (Wildman–Crippen MR) is 460 cm³/mol. The zero-order chi connectivity index (χ0) is 81.1. The SMILES string of the molecule is CCCCCCCCCCCCCCCCCCCCCCCCC(=O)OC[C@H](COP(=O)(O)OC[C@@H](O)COP(=O)(O)OC[C@@H](COC(=O)CCCCCCCCCCC)OC(=O)CCCCCCCCCCCCCCCCCC(C)C)OC(=O)CCCCCCCCCCCCCCCCCCCCCCCC. The first-order valence-electron chi connectivity index (χ1n) is 47.6. The molecule has 0 saturated heterocycles. The Bertz CT molecular complexity index is 2100. The molecule has 0 rings (SSSR count). The van der Waals surface area contributed by atoms with Crippen LogP contribution < -0.4 is 0 Å². The van der Waals surface area contributed by atoms with Crippen LogP contribution in [0.5, 0.6) is 0 Å². The number of hydrogen-bond donors (Lipinski definition) is 3. The summed E-state index contributed by atoms with van der Waals surface area (Å²) in [6.45, 7) is 7.40. The van der Waals surface area contributed by atoms with Gasteiger partial charge in [0, 0.05) is 25.7 Å². The number of phosphoric acid groups is 2. The zero-order valence-electron chi connectivity index (χ0n) is 73.1. The van der Waals surface area contributed by atoms with Crippen LogP contribution in [0, 0.1) is 5.92 Å². The van der Waals surface area contributed by atoms with E-state index in [9.17, 15) is 43.2 Å². The molecule has 0 aliphatic rings. The van der Waals surface area contributed by atoms with Gasteiger partial charge in [0.25, 0.3) is 0 Å². The maximum absolute atomic E-state index is 13.2. The van der Waals surface area contributed by atoms with E-state index in [1.165, 1.54) is 327 Å². The normalized spacial score (nSPS) is 13.7. The summed E-state index contributed by atoms with van der Waals surface area (Å²) in [4.78, 5) is 73.3. The van der Waals surface area contributed by atoms with E-state index >= 15 is 0 Å². The molecule has 0 aromatic heterocycles. The van der Waals surface area contributed by atoms with Crippen LogP contribution in [-0.4, -0.2) is 96.7 Å². The van der Waals surface area contributed by atoms with E-state index in [-0.39, 0.29) is 25.7 Å². The summed E-state index contributed by atoms with van der Waals surface area (Å²) in [6, 6.07) is 0. The van der Waals surface area contributed by atoms with Gasteiger partial charge in [-0.2, -0.15) is 0 Å². The van der Waals surface area contributed by atoms with Crippen LogP contribution >= 0.6 is 15.6 Å². The van der Waals surface area contributed by atoms with Crippen LogP contribution in [0.15, 0.2) is 0 Å². The standard InChI is InChI=1S/C92H180O17P2/c1-6-9-12-15-18-21-23-25-27-29-31-33-35-37-39-43-47-51-56-61-66-71-76-90(95)103-82-88(109-92(97)77-72-67-62-57-52-48-44-40-38-36-34-32-30-28-26-24-22-19-16-13-10-7-2)84-107-111(100,101)105-80-86(93)79-104-110(98,99)106-83-87(81-102-89(94)75-70-65-60-54-20-17-14-11-8-3)108-91(96)78-73-68-63-58-53-49-45-41-42-46-50-55-59-64-69-74-85(4)5/h85-88,93H,6-84H2,1-5H3,(H,98,99)(H,100,101)/t86-,87+,88+/m0/s1. The quantitative estimate of drug-likeness (QED) is 0.0222. The molecular formula is C92H180O17P2. The highest BCUT2D eigenvalue weighted by Gasteiger charge is 2.31. The lowest BCUT2D eigenvalue weighted by Gasteiger charge is -2.21. The summed E-state index contributed by atoms with van der Waals surface area (Å²) in [7, 11) is -9.93. The molecule has 3 N–H and O–H groups in total. The average molecular weight is 1620 g/mol. The monoisotopic (exact) mass is 1620 g/mol. The van der Waals surface area contributed by atoms with Crippen LogP contribution in [0.3, 0.4) is 0 Å². The van der Waals surface area contributed by atoms with Crippen molar-refractivity contribution in [3.63, 3.8) is 0 Å². The van der Waals surface area contributed by atoms with Gasteiger partial charge in [-0.05, 0) is 31.6 Å². The highest BCUT2D eigenvalue weighted by molar-refractivity contribution is 7.47. The Morgan fingerprint density at radius 1 is 0.243 bits per heavy atom. The van der Waals surface area contributed by atoms with Crippen LogP contribution in [0.1, 0.15) is 503 Å². The van der Waals surface area contributed by atoms with Gasteiger partial charge in [0.2, 0.25) is 0 Å². The number of carbonyl (C=O) groups is 4. The largest absolute Gasteiger partial charge is 0.472 e. The first-order chi connectivity index (χ1) is 54.0. The Hall–Kier alpha value is -1.94. The molecule has 2 unspecified atom stereocenters. The maximum Gasteiger partial charge on any atom is 0.472 e. The minimum absolute atomic E-state index is 0.108. The number of carbonyl (C=O) groups excluding carboxylic acids is 4. The molecule has 0 aromatic rings. The Labute approximate surface area is 683 Å². The van der Waals surface area contributed by atoms with E-state index in [1.54, 1.807) is 0 Å². The van der Waals surface area contributed by atoms with E-state index in [2.05, 4.69) is 34.6 Å². The molecule has 660 valence electrons. The first kappa shape index (κ1) is 109. The van der Waals surface area contributed by atoms with Crippen LogP contribution in [0.2, 0.25) is 0 Å². The molecule has 5 atom stereocenters. The zero-order valence-corrected chi connectivity index (χ0v) is 74.9. The number of aliphatic hydroxyl groups excluding tert-OH is 1. The van der Waals surface area contributed by atoms with Crippen molar-refractivity contribution in [2.45, 2.75) is 522 Å². The molecule has 0 aliphatic heterocycles. The Balaban J connectivity index is 5.18. The molecule has 0 aromatic carbocycles. The second kappa shape index (κ2) is 84.5. The van der Waals surface area contributed by atoms with Gasteiger partial charge in [0.1, 0.15) is 19.3 Å². The number of ether oxygens (including phenoxy) is 4. The van der Waals surface area contributed by atoms with Gasteiger partial charge in [0.15, 0.2) is 12.2 Å². The Morgan fingerprint density at radius 2 is 0.414 bits per heavy atom. The molecule has 0 bridgehead atoms. The van der Waals surface area contributed by atoms with Gasteiger partial charge in [-0.1, -0.05) is 452 Å². The number of phosphoric ester groups is 2. The minimum Gasteiger partial charge on any atom is -0.462 e. The molecular weight excluding hydrogens is 1440 g/mol. The summed E-state index contributed by atoms with van der Waals surface area (Å²) >= 11 is 0. The third-order valence-electron chi connectivity index (χ3n) is 21.8. The summed E-state index contributed by atoms with van der Waals surface area (Å²) in [5.74, 6) is -1.29. The summed E-state index contributed by atoms with van der Waals surface area (Å²) in [6.07, 6.45) is 80.9. The molecule has 19 heteroatoms. The highest BCUT2D eigenvalue weighted by Crippen LogP contribution is 2.45. The van der Waals surface area contributed by atoms with Gasteiger partial charge >= 0.3 is 39.5 Å². The first-order valence-corrected chi connectivity index (χ1v) is 50.6. The summed E-state index contributed by atoms with van der Waals surface area (Å²) in [5.41, 5.74) is 0. The molecule has 0 amide bonds. The topological polar surface area (TPSA) is 237 Å². The van der Waals surface area contributed by atoms with Crippen molar-refractivity contribution in [1.82, 2.24) is 0 Å². The number of unbranched alkanes of at least 4 members (excludes halogenated alkanes) is 64. The van der Waals surface area contributed by atoms with E-state index in [0.29, 0.717) is 25.7 Å². The van der Waals surface area contributed by atoms with Gasteiger partial charge in [-0.25, -0.2) is 9.13 Å². The highest BCUT2D eigenvalue weighted by atomic mass is 31.2. The molecule has 17 nitrogen and oxygen atoms in total. The third kappa shape index (κ3) is 85.8. The van der Waals surface area contributed by atoms with Gasteiger partial charge in [-0.3, -0.25) is 37.3 Å². The van der Waals surface area contributed by atoms with Crippen molar-refractivity contribution in [3.8, 4) is 0 Å². The van der Waals surface area contributed by atoms with Crippen LogP contribution in [-0.2, 0) is 65.4 Å². The van der Waals surface area contributed by atoms with Gasteiger partial charge < -0.3 is 33.8 Å². The molecule has 0 saturated carbocycles. The van der Waals surface area contributed by atoms with Gasteiger partial charge in [0.05, 0.1) is 26.4 Å². The molecule has 111 heavy (non-hydrogen) atoms. The minimum atomic E-state index is -4.97. The van der Waals surface area contributed by atoms with E-state index in [4.69, 9.17) is 37.0 Å². The lowest BCUT2D eigenvalue weighted by molar-refractivity contribution is -0.161. The molecule has 0 spiro atoms. The Kier molecular flexibility index (Phi) is 83.0. The van der Waals surface area contributed by atoms with Crippen LogP contribution in [0.4, 0.5) is 0 Å². The number of esters is 4. The second-order valence-corrected chi connectivity index (χ2v) is 36.4. The van der Waals surface area contributed by atoms with Crippen molar-refractivity contribution in [1.29, 1.82) is 0 Å². The molecule has 0 fully saturated rings. The van der Waals surface area contributed by atoms with Crippen molar-refractivity contribution in [2.24, 2.45) is 5.92 Å². The molecule has 0 aliphatic carbocycles. The predicted octanol–water partition coefficient (Wildman–Crippen LogP) is 28.7. The smallest absolute Gasteiger partial charge is 0.462 e. The fraction of sp³-hybridized carbons (Fsp3) is 0.957. The van der Waals surface area contributed by atoms with Crippen molar-refractivity contribution in [3.05, 3.63) is 0 Å². The molecule has 0 heterocycles. The van der Waals surface area contributed by atoms with Crippen molar-refractivity contribution in [2.75, 3.05) is 39.6 Å². The number of rotatable bonds is 92. The fourth-order valence-electron chi connectivity index (χ4n) is 14.5. The fourth-order valence-corrected chi connectivity index (χ4v) is 16.1. The lowest BCUT2D eigenvalue weighted by atomic mass is 10.0. The lowest BCUT2D eigenvalue weighted by Crippen LogP contribution is -2.30. The summed E-state index contributed by atoms with van der Waals surface area (Å²) in [5, 5.41) is 10.7. The molecule has 0 radical (unpaired) electrons. The van der Waals surface area contributed by atoms with Crippen molar-refractivity contribution < 1.29 is 80.2 Å². The van der Waals surface area contributed by atoms with Crippen LogP contribution in [0.25, 0.3) is 0 Å². The van der Waals surface area contributed by atoms with Crippen molar-refractivity contribution >= 4 is 39.5 Å². The van der Waals surface area contributed by atoms with E-state index in [1.807, 2.05) is 0 Å². The maximum atomic E-state index is 13.2. The second-order valence-electron chi connectivity index (χ2n) is 33.5. The third-order valence-corrected chi connectivity index (χ3v) is 23.7. The number of hydrogen-bond acceptors (Lipinski definition) is 15. The van der Waals surface area contributed by atoms with Gasteiger partial charge in [-0.15, -0.1) is 0 Å².